The molecule has 0 heterocycles. The van der Waals surface area contributed by atoms with Gasteiger partial charge in [0, 0.05) is 22.6 Å². The van der Waals surface area contributed by atoms with Gasteiger partial charge in [-0.1, -0.05) is 12.0 Å². The van der Waals surface area contributed by atoms with Crippen molar-refractivity contribution in [2.24, 2.45) is 0 Å². The average molecular weight is 316 g/mol. The molecule has 1 aromatic rings. The van der Waals surface area contributed by atoms with E-state index in [1.54, 1.807) is 31.4 Å². The van der Waals surface area contributed by atoms with Crippen LogP contribution in [0.5, 0.6) is 5.75 Å². The van der Waals surface area contributed by atoms with Crippen LogP contribution in [0.2, 0.25) is 0 Å². The molecule has 0 bridgehead atoms. The molecular formula is C11H9IO3. The number of methoxy groups -OCH3 is 1. The Morgan fingerprint density at radius 2 is 2.33 bits per heavy atom. The van der Waals surface area contributed by atoms with Crippen molar-refractivity contribution in [2.75, 3.05) is 13.7 Å². The van der Waals surface area contributed by atoms with Crippen LogP contribution >= 0.6 is 22.6 Å². The molecule has 0 aliphatic heterocycles. The van der Waals surface area contributed by atoms with Crippen LogP contribution in [0.25, 0.3) is 0 Å². The molecule has 0 aliphatic rings. The zero-order valence-corrected chi connectivity index (χ0v) is 10.3. The van der Waals surface area contributed by atoms with Gasteiger partial charge in [-0.05, 0) is 22.1 Å². The third kappa shape index (κ3) is 3.80. The summed E-state index contributed by atoms with van der Waals surface area (Å²) < 4.78 is 12.5. The Hall–Kier alpha value is -1.22. The van der Waals surface area contributed by atoms with Crippen molar-refractivity contribution < 1.29 is 14.3 Å². The van der Waals surface area contributed by atoms with E-state index in [1.807, 2.05) is 22.6 Å². The predicted octanol–water partition coefficient (Wildman–Crippen LogP) is 2.25. The molecule has 0 saturated heterocycles. The highest BCUT2D eigenvalue weighted by molar-refractivity contribution is 14.1. The lowest BCUT2D eigenvalue weighted by Gasteiger charge is -2.03. The van der Waals surface area contributed by atoms with Crippen LogP contribution in [-0.2, 0) is 4.74 Å². The molecule has 0 aliphatic carbocycles. The quantitative estimate of drug-likeness (QED) is 0.487. The maximum atomic E-state index is 11.4. The number of hydrogen-bond donors (Lipinski definition) is 0. The number of halogens is 1. The van der Waals surface area contributed by atoms with Gasteiger partial charge in [-0.2, -0.15) is 0 Å². The molecule has 0 aromatic heterocycles. The summed E-state index contributed by atoms with van der Waals surface area (Å²) in [5.74, 6) is 2.87. The van der Waals surface area contributed by atoms with Gasteiger partial charge in [-0.15, -0.1) is 0 Å². The first-order valence-electron chi connectivity index (χ1n) is 4.17. The van der Waals surface area contributed by atoms with Crippen LogP contribution in [-0.4, -0.2) is 19.7 Å². The normalized spacial score (nSPS) is 8.67. The van der Waals surface area contributed by atoms with Crippen molar-refractivity contribution in [1.82, 2.24) is 0 Å². The number of hydrogen-bond acceptors (Lipinski definition) is 3. The summed E-state index contributed by atoms with van der Waals surface area (Å²) in [6, 6.07) is 6.79. The smallest absolute Gasteiger partial charge is 0.339 e. The van der Waals surface area contributed by atoms with Crippen LogP contribution < -0.4 is 4.74 Å². The average Bonchev–Trinajstić information content (AvgIpc) is 2.29. The first kappa shape index (κ1) is 11.9. The van der Waals surface area contributed by atoms with Gasteiger partial charge in [0.1, 0.15) is 5.75 Å². The predicted molar refractivity (Wildman–Crippen MR) is 65.1 cm³/mol. The van der Waals surface area contributed by atoms with Crippen LogP contribution in [0, 0.1) is 9.85 Å². The molecule has 0 radical (unpaired) electrons. The Labute approximate surface area is 102 Å². The van der Waals surface area contributed by atoms with Crippen molar-refractivity contribution in [1.29, 1.82) is 0 Å². The number of ether oxygens (including phenoxy) is 2. The second-order valence-electron chi connectivity index (χ2n) is 2.58. The molecule has 15 heavy (non-hydrogen) atoms. The monoisotopic (exact) mass is 316 g/mol. The summed E-state index contributed by atoms with van der Waals surface area (Å²) in [5, 5.41) is 0. The molecule has 1 aromatic carbocycles. The van der Waals surface area contributed by atoms with Crippen molar-refractivity contribution in [3.8, 4) is 15.6 Å². The second-order valence-corrected chi connectivity index (χ2v) is 3.12. The van der Waals surface area contributed by atoms with Crippen molar-refractivity contribution in [3.63, 3.8) is 0 Å². The van der Waals surface area contributed by atoms with Gasteiger partial charge in [0.15, 0.2) is 6.61 Å². The molecule has 0 atom stereocenters. The molecule has 0 amide bonds. The van der Waals surface area contributed by atoms with Crippen molar-refractivity contribution >= 4 is 28.6 Å². The molecule has 0 saturated carbocycles. The zero-order valence-electron chi connectivity index (χ0n) is 8.12. The Bertz CT molecular complexity index is 404. The Morgan fingerprint density at radius 3 is 3.00 bits per heavy atom. The summed E-state index contributed by atoms with van der Waals surface area (Å²) in [6.45, 7) is 0.110. The van der Waals surface area contributed by atoms with E-state index in [1.165, 1.54) is 0 Å². The van der Waals surface area contributed by atoms with E-state index in [0.717, 1.165) is 0 Å². The fourth-order valence-corrected chi connectivity index (χ4v) is 1.12. The summed E-state index contributed by atoms with van der Waals surface area (Å²) in [4.78, 5) is 11.4. The standard InChI is InChI=1S/C11H9IO3/c1-14-10-5-2-4-9(8-10)11(13)15-7-3-6-12/h2,4-5,8H,7H2,1H3. The molecule has 4 heteroatoms. The molecule has 0 unspecified atom stereocenters. The minimum absolute atomic E-state index is 0.110. The largest absolute Gasteiger partial charge is 0.497 e. The summed E-state index contributed by atoms with van der Waals surface area (Å²) in [6.07, 6.45) is 0. The molecular weight excluding hydrogens is 307 g/mol. The number of benzene rings is 1. The lowest BCUT2D eigenvalue weighted by atomic mass is 10.2. The van der Waals surface area contributed by atoms with E-state index in [2.05, 4.69) is 9.85 Å². The Morgan fingerprint density at radius 1 is 1.53 bits per heavy atom. The van der Waals surface area contributed by atoms with Gasteiger partial charge in [-0.3, -0.25) is 0 Å². The van der Waals surface area contributed by atoms with Gasteiger partial charge in [0.2, 0.25) is 0 Å². The van der Waals surface area contributed by atoms with E-state index >= 15 is 0 Å². The highest BCUT2D eigenvalue weighted by atomic mass is 127. The number of esters is 1. The maximum absolute atomic E-state index is 11.4. The highest BCUT2D eigenvalue weighted by Crippen LogP contribution is 2.13. The summed E-state index contributed by atoms with van der Waals surface area (Å²) in [7, 11) is 1.55. The Balaban J connectivity index is 2.67. The van der Waals surface area contributed by atoms with Crippen LogP contribution in [0.1, 0.15) is 10.4 Å². The first-order chi connectivity index (χ1) is 7.27. The third-order valence-electron chi connectivity index (χ3n) is 1.65. The lowest BCUT2D eigenvalue weighted by molar-refractivity contribution is 0.0556. The minimum atomic E-state index is -0.395. The van der Waals surface area contributed by atoms with Gasteiger partial charge in [0.05, 0.1) is 12.7 Å². The maximum Gasteiger partial charge on any atom is 0.339 e. The third-order valence-corrected chi connectivity index (χ3v) is 2.03. The van der Waals surface area contributed by atoms with Gasteiger partial charge in [-0.25, -0.2) is 4.79 Å². The zero-order chi connectivity index (χ0) is 11.1. The minimum Gasteiger partial charge on any atom is -0.497 e. The van der Waals surface area contributed by atoms with Crippen LogP contribution in [0.4, 0.5) is 0 Å². The van der Waals surface area contributed by atoms with E-state index in [-0.39, 0.29) is 6.61 Å². The lowest BCUT2D eigenvalue weighted by Crippen LogP contribution is -2.05. The summed E-state index contributed by atoms with van der Waals surface area (Å²) in [5.41, 5.74) is 0.463. The number of rotatable bonds is 3. The highest BCUT2D eigenvalue weighted by Gasteiger charge is 2.06. The van der Waals surface area contributed by atoms with Crippen LogP contribution in [0.3, 0.4) is 0 Å². The molecule has 0 spiro atoms. The van der Waals surface area contributed by atoms with Gasteiger partial charge in [0.25, 0.3) is 0 Å². The molecule has 0 fully saturated rings. The van der Waals surface area contributed by atoms with Crippen molar-refractivity contribution in [3.05, 3.63) is 29.8 Å². The number of carbonyl (C=O) groups excluding carboxylic acids is 1. The topological polar surface area (TPSA) is 35.5 Å². The van der Waals surface area contributed by atoms with Gasteiger partial charge >= 0.3 is 5.97 Å². The fraction of sp³-hybridized carbons (Fsp3) is 0.182. The SMILES string of the molecule is COc1cccc(C(=O)OCC#CI)c1. The summed E-state index contributed by atoms with van der Waals surface area (Å²) >= 11 is 1.89. The van der Waals surface area contributed by atoms with E-state index < -0.39 is 5.97 Å². The van der Waals surface area contributed by atoms with E-state index in [4.69, 9.17) is 9.47 Å². The number of carbonyl (C=O) groups is 1. The molecule has 3 nitrogen and oxygen atoms in total. The molecule has 0 N–H and O–H groups in total. The Kier molecular flexibility index (Phi) is 4.98. The van der Waals surface area contributed by atoms with E-state index in [9.17, 15) is 4.79 Å². The molecule has 1 rings (SSSR count). The van der Waals surface area contributed by atoms with Crippen molar-refractivity contribution in [2.45, 2.75) is 0 Å². The fourth-order valence-electron chi connectivity index (χ4n) is 0.962. The van der Waals surface area contributed by atoms with Crippen LogP contribution in [0.15, 0.2) is 24.3 Å². The van der Waals surface area contributed by atoms with Gasteiger partial charge < -0.3 is 9.47 Å². The van der Waals surface area contributed by atoms with E-state index in [0.29, 0.717) is 11.3 Å². The first-order valence-corrected chi connectivity index (χ1v) is 5.25. The second kappa shape index (κ2) is 6.30. The molecule has 78 valence electrons.